The molecule has 0 spiro atoms. The van der Waals surface area contributed by atoms with E-state index < -0.39 is 6.10 Å². The SMILES string of the molecule is CC[C@@H](Oc1ccccc1C(C)C)C(=O)N1CC[C@@H](CN)C1. The summed E-state index contributed by atoms with van der Waals surface area (Å²) in [6, 6.07) is 7.99. The summed E-state index contributed by atoms with van der Waals surface area (Å²) >= 11 is 0. The molecule has 1 fully saturated rings. The number of rotatable bonds is 6. The quantitative estimate of drug-likeness (QED) is 0.879. The minimum atomic E-state index is -0.406. The molecule has 0 radical (unpaired) electrons. The minimum Gasteiger partial charge on any atom is -0.480 e. The normalized spacial score (nSPS) is 19.5. The van der Waals surface area contributed by atoms with Crippen molar-refractivity contribution in [3.63, 3.8) is 0 Å². The fourth-order valence-corrected chi connectivity index (χ4v) is 2.96. The van der Waals surface area contributed by atoms with Crippen molar-refractivity contribution in [1.82, 2.24) is 4.90 Å². The number of hydrogen-bond acceptors (Lipinski definition) is 3. The lowest BCUT2D eigenvalue weighted by atomic mass is 10.0. The molecule has 1 amide bonds. The molecule has 0 unspecified atom stereocenters. The Kier molecular flexibility index (Phi) is 5.83. The summed E-state index contributed by atoms with van der Waals surface area (Å²) in [5, 5.41) is 0. The van der Waals surface area contributed by atoms with Crippen molar-refractivity contribution < 1.29 is 9.53 Å². The monoisotopic (exact) mass is 304 g/mol. The van der Waals surface area contributed by atoms with E-state index in [1.165, 1.54) is 0 Å². The summed E-state index contributed by atoms with van der Waals surface area (Å²) in [7, 11) is 0. The van der Waals surface area contributed by atoms with Crippen LogP contribution < -0.4 is 10.5 Å². The van der Waals surface area contributed by atoms with Crippen LogP contribution in [0.25, 0.3) is 0 Å². The van der Waals surface area contributed by atoms with E-state index in [0.29, 0.717) is 24.8 Å². The van der Waals surface area contributed by atoms with Gasteiger partial charge in [0.2, 0.25) is 0 Å². The van der Waals surface area contributed by atoms with Crippen LogP contribution in [0.3, 0.4) is 0 Å². The summed E-state index contributed by atoms with van der Waals surface area (Å²) in [4.78, 5) is 14.6. The predicted octanol–water partition coefficient (Wildman–Crippen LogP) is 2.77. The molecule has 1 aliphatic rings. The highest BCUT2D eigenvalue weighted by molar-refractivity contribution is 5.81. The second-order valence-electron chi connectivity index (χ2n) is 6.38. The van der Waals surface area contributed by atoms with Crippen LogP contribution in [-0.4, -0.2) is 36.5 Å². The second-order valence-corrected chi connectivity index (χ2v) is 6.38. The van der Waals surface area contributed by atoms with Gasteiger partial charge in [-0.2, -0.15) is 0 Å². The number of likely N-dealkylation sites (tertiary alicyclic amines) is 1. The Hall–Kier alpha value is -1.55. The van der Waals surface area contributed by atoms with Gasteiger partial charge in [-0.25, -0.2) is 0 Å². The molecule has 2 atom stereocenters. The van der Waals surface area contributed by atoms with E-state index in [-0.39, 0.29) is 5.91 Å². The molecule has 4 nitrogen and oxygen atoms in total. The third-order valence-corrected chi connectivity index (χ3v) is 4.39. The van der Waals surface area contributed by atoms with Crippen LogP contribution in [0, 0.1) is 5.92 Å². The molecular weight excluding hydrogens is 276 g/mol. The molecule has 1 aromatic carbocycles. The molecule has 1 aromatic rings. The fourth-order valence-electron chi connectivity index (χ4n) is 2.96. The Bertz CT molecular complexity index is 502. The van der Waals surface area contributed by atoms with E-state index >= 15 is 0 Å². The van der Waals surface area contributed by atoms with Crippen LogP contribution in [-0.2, 0) is 4.79 Å². The van der Waals surface area contributed by atoms with Crippen LogP contribution in [0.5, 0.6) is 5.75 Å². The summed E-state index contributed by atoms with van der Waals surface area (Å²) < 4.78 is 6.08. The van der Waals surface area contributed by atoms with Gasteiger partial charge < -0.3 is 15.4 Å². The maximum absolute atomic E-state index is 12.7. The Morgan fingerprint density at radius 2 is 2.14 bits per heavy atom. The molecular formula is C18H28N2O2. The van der Waals surface area contributed by atoms with Gasteiger partial charge in [0.15, 0.2) is 6.10 Å². The molecule has 122 valence electrons. The number of nitrogens with two attached hydrogens (primary N) is 1. The molecule has 0 saturated carbocycles. The van der Waals surface area contributed by atoms with Gasteiger partial charge in [0.1, 0.15) is 5.75 Å². The van der Waals surface area contributed by atoms with E-state index in [1.54, 1.807) is 0 Å². The molecule has 2 rings (SSSR count). The van der Waals surface area contributed by atoms with Crippen LogP contribution in [0.15, 0.2) is 24.3 Å². The van der Waals surface area contributed by atoms with Crippen molar-refractivity contribution in [2.45, 2.75) is 45.6 Å². The first-order valence-corrected chi connectivity index (χ1v) is 8.31. The predicted molar refractivity (Wildman–Crippen MR) is 89.0 cm³/mol. The summed E-state index contributed by atoms with van der Waals surface area (Å²) in [5.74, 6) is 1.73. The van der Waals surface area contributed by atoms with Crippen molar-refractivity contribution >= 4 is 5.91 Å². The molecule has 1 aliphatic heterocycles. The second kappa shape index (κ2) is 7.63. The maximum atomic E-state index is 12.7. The zero-order valence-corrected chi connectivity index (χ0v) is 13.9. The van der Waals surface area contributed by atoms with Crippen molar-refractivity contribution in [2.24, 2.45) is 11.7 Å². The Balaban J connectivity index is 2.08. The van der Waals surface area contributed by atoms with Crippen molar-refractivity contribution in [2.75, 3.05) is 19.6 Å². The number of carbonyl (C=O) groups is 1. The lowest BCUT2D eigenvalue weighted by molar-refractivity contribution is -0.137. The van der Waals surface area contributed by atoms with E-state index in [1.807, 2.05) is 30.0 Å². The molecule has 2 N–H and O–H groups in total. The number of nitrogens with zero attached hydrogens (tertiary/aromatic N) is 1. The average Bonchev–Trinajstić information content (AvgIpc) is 3.01. The van der Waals surface area contributed by atoms with Crippen LogP contribution in [0.4, 0.5) is 0 Å². The van der Waals surface area contributed by atoms with Gasteiger partial charge in [-0.05, 0) is 42.9 Å². The Morgan fingerprint density at radius 3 is 2.73 bits per heavy atom. The van der Waals surface area contributed by atoms with Crippen molar-refractivity contribution in [3.05, 3.63) is 29.8 Å². The standard InChI is InChI=1S/C18H28N2O2/c1-4-16(18(21)20-10-9-14(11-19)12-20)22-17-8-6-5-7-15(17)13(2)3/h5-8,13-14,16H,4,9-12,19H2,1-3H3/t14-,16+/m0/s1. The number of ether oxygens (including phenoxy) is 1. The number of amides is 1. The van der Waals surface area contributed by atoms with Crippen molar-refractivity contribution in [3.8, 4) is 5.75 Å². The van der Waals surface area contributed by atoms with Crippen molar-refractivity contribution in [1.29, 1.82) is 0 Å². The van der Waals surface area contributed by atoms with Gasteiger partial charge in [-0.3, -0.25) is 4.79 Å². The third kappa shape index (κ3) is 3.80. The zero-order chi connectivity index (χ0) is 16.1. The molecule has 1 saturated heterocycles. The van der Waals surface area contributed by atoms with Gasteiger partial charge in [-0.15, -0.1) is 0 Å². The lowest BCUT2D eigenvalue weighted by Crippen LogP contribution is -2.41. The van der Waals surface area contributed by atoms with Crippen LogP contribution in [0.1, 0.15) is 45.1 Å². The van der Waals surface area contributed by atoms with E-state index in [4.69, 9.17) is 10.5 Å². The van der Waals surface area contributed by atoms with Gasteiger partial charge in [0.25, 0.3) is 5.91 Å². The molecule has 1 heterocycles. The summed E-state index contributed by atoms with van der Waals surface area (Å²) in [5.41, 5.74) is 6.86. The average molecular weight is 304 g/mol. The highest BCUT2D eigenvalue weighted by Gasteiger charge is 2.31. The first kappa shape index (κ1) is 16.8. The molecule has 4 heteroatoms. The summed E-state index contributed by atoms with van der Waals surface area (Å²) in [6.45, 7) is 8.48. The molecule has 0 bridgehead atoms. The van der Waals surface area contributed by atoms with E-state index in [2.05, 4.69) is 19.9 Å². The first-order valence-electron chi connectivity index (χ1n) is 8.31. The first-order chi connectivity index (χ1) is 10.6. The number of benzene rings is 1. The molecule has 0 aromatic heterocycles. The highest BCUT2D eigenvalue weighted by Crippen LogP contribution is 2.28. The topological polar surface area (TPSA) is 55.6 Å². The Morgan fingerprint density at radius 1 is 1.41 bits per heavy atom. The van der Waals surface area contributed by atoms with Crippen LogP contribution >= 0.6 is 0 Å². The summed E-state index contributed by atoms with van der Waals surface area (Å²) in [6.07, 6.45) is 1.27. The molecule has 22 heavy (non-hydrogen) atoms. The third-order valence-electron chi connectivity index (χ3n) is 4.39. The van der Waals surface area contributed by atoms with Gasteiger partial charge >= 0.3 is 0 Å². The Labute approximate surface area is 133 Å². The number of para-hydroxylation sites is 1. The lowest BCUT2D eigenvalue weighted by Gasteiger charge is -2.25. The zero-order valence-electron chi connectivity index (χ0n) is 13.9. The maximum Gasteiger partial charge on any atom is 0.263 e. The fraction of sp³-hybridized carbons (Fsp3) is 0.611. The minimum absolute atomic E-state index is 0.0945. The van der Waals surface area contributed by atoms with Gasteiger partial charge in [0.05, 0.1) is 0 Å². The number of carbonyl (C=O) groups excluding carboxylic acids is 1. The van der Waals surface area contributed by atoms with E-state index in [0.717, 1.165) is 30.8 Å². The largest absolute Gasteiger partial charge is 0.480 e. The smallest absolute Gasteiger partial charge is 0.263 e. The highest BCUT2D eigenvalue weighted by atomic mass is 16.5. The van der Waals surface area contributed by atoms with Gasteiger partial charge in [0, 0.05) is 13.1 Å². The van der Waals surface area contributed by atoms with Gasteiger partial charge in [-0.1, -0.05) is 39.0 Å². The van der Waals surface area contributed by atoms with Crippen LogP contribution in [0.2, 0.25) is 0 Å². The molecule has 0 aliphatic carbocycles. The van der Waals surface area contributed by atoms with E-state index in [9.17, 15) is 4.79 Å². The number of hydrogen-bond donors (Lipinski definition) is 1.